The lowest BCUT2D eigenvalue weighted by Crippen LogP contribution is -2.31. The van der Waals surface area contributed by atoms with Crippen LogP contribution in [0.3, 0.4) is 0 Å². The number of thioether (sulfide) groups is 1. The molecule has 0 aromatic heterocycles. The maximum Gasteiger partial charge on any atom is 0.266 e. The molecular weight excluding hydrogens is 420 g/mol. The van der Waals surface area contributed by atoms with Crippen molar-refractivity contribution in [2.24, 2.45) is 0 Å². The molecule has 0 atom stereocenters. The fraction of sp³-hybridized carbons (Fsp3) is 0.105. The van der Waals surface area contributed by atoms with E-state index in [2.05, 4.69) is 5.32 Å². The van der Waals surface area contributed by atoms with Crippen molar-refractivity contribution < 1.29 is 19.8 Å². The Hall–Kier alpha value is -2.55. The van der Waals surface area contributed by atoms with Gasteiger partial charge in [0.25, 0.3) is 5.91 Å². The molecule has 1 heterocycles. The van der Waals surface area contributed by atoms with E-state index in [1.165, 1.54) is 29.2 Å². The van der Waals surface area contributed by atoms with Gasteiger partial charge in [-0.3, -0.25) is 14.5 Å². The summed E-state index contributed by atoms with van der Waals surface area (Å²) >= 11 is 12.2. The predicted molar refractivity (Wildman–Crippen MR) is 114 cm³/mol. The predicted octanol–water partition coefficient (Wildman–Crippen LogP) is 3.98. The number of hydrogen-bond acceptors (Lipinski definition) is 6. The molecule has 9 heteroatoms. The first-order valence-corrected chi connectivity index (χ1v) is 9.76. The molecule has 2 amide bonds. The number of carbonyl (C=O) groups is 2. The van der Waals surface area contributed by atoms with Crippen molar-refractivity contribution in [2.75, 3.05) is 11.9 Å². The van der Waals surface area contributed by atoms with Gasteiger partial charge in [-0.1, -0.05) is 47.7 Å². The zero-order chi connectivity index (χ0) is 20.3. The van der Waals surface area contributed by atoms with E-state index in [1.54, 1.807) is 24.3 Å². The first kappa shape index (κ1) is 20.2. The second kappa shape index (κ2) is 8.64. The number of phenols is 2. The summed E-state index contributed by atoms with van der Waals surface area (Å²) in [6, 6.07) is 10.8. The van der Waals surface area contributed by atoms with E-state index in [1.807, 2.05) is 0 Å². The van der Waals surface area contributed by atoms with Crippen molar-refractivity contribution in [3.63, 3.8) is 0 Å². The van der Waals surface area contributed by atoms with Gasteiger partial charge in [-0.15, -0.1) is 0 Å². The van der Waals surface area contributed by atoms with Crippen LogP contribution in [0.5, 0.6) is 11.5 Å². The highest BCUT2D eigenvalue weighted by atomic mass is 35.5. The van der Waals surface area contributed by atoms with Crippen molar-refractivity contribution in [3.05, 3.63) is 58.0 Å². The van der Waals surface area contributed by atoms with E-state index >= 15 is 0 Å². The molecule has 28 heavy (non-hydrogen) atoms. The minimum atomic E-state index is -0.366. The number of rotatable bonds is 5. The molecule has 0 bridgehead atoms. The third-order valence-electron chi connectivity index (χ3n) is 3.86. The average Bonchev–Trinajstić information content (AvgIpc) is 2.91. The van der Waals surface area contributed by atoms with Gasteiger partial charge >= 0.3 is 0 Å². The summed E-state index contributed by atoms with van der Waals surface area (Å²) < 4.78 is 0.372. The molecule has 0 spiro atoms. The fourth-order valence-corrected chi connectivity index (χ4v) is 3.93. The lowest BCUT2D eigenvalue weighted by atomic mass is 10.2. The molecule has 0 unspecified atom stereocenters. The topological polar surface area (TPSA) is 89.9 Å². The fourth-order valence-electron chi connectivity index (χ4n) is 2.45. The highest BCUT2D eigenvalue weighted by molar-refractivity contribution is 8.26. The van der Waals surface area contributed by atoms with Crippen molar-refractivity contribution in [1.29, 1.82) is 0 Å². The lowest BCUT2D eigenvalue weighted by molar-refractivity contribution is -0.122. The van der Waals surface area contributed by atoms with E-state index in [0.717, 1.165) is 17.3 Å². The number of nitrogens with zero attached hydrogens (tertiary/aromatic N) is 1. The number of phenolic OH excluding ortho intramolecular Hbond substituents is 2. The summed E-state index contributed by atoms with van der Waals surface area (Å²) in [6.07, 6.45) is 1.70. The van der Waals surface area contributed by atoms with E-state index < -0.39 is 0 Å². The van der Waals surface area contributed by atoms with E-state index in [4.69, 9.17) is 23.8 Å². The minimum absolute atomic E-state index is 0.0149. The highest BCUT2D eigenvalue weighted by Gasteiger charge is 2.32. The number of halogens is 1. The number of nitrogens with one attached hydrogen (secondary N) is 1. The molecular formula is C19H15ClN2O4S2. The smallest absolute Gasteiger partial charge is 0.266 e. The highest BCUT2D eigenvalue weighted by Crippen LogP contribution is 2.33. The Bertz CT molecular complexity index is 976. The maximum atomic E-state index is 12.6. The van der Waals surface area contributed by atoms with Crippen molar-refractivity contribution in [2.45, 2.75) is 6.42 Å². The number of amides is 2. The third kappa shape index (κ3) is 4.83. The Kier molecular flexibility index (Phi) is 6.23. The van der Waals surface area contributed by atoms with Crippen LogP contribution in [-0.2, 0) is 9.59 Å². The first-order valence-electron chi connectivity index (χ1n) is 8.16. The summed E-state index contributed by atoms with van der Waals surface area (Å²) in [6.45, 7) is 0.123. The largest absolute Gasteiger partial charge is 0.508 e. The van der Waals surface area contributed by atoms with Crippen LogP contribution >= 0.6 is 35.6 Å². The normalized spacial score (nSPS) is 15.3. The SMILES string of the molecule is O=C(CCN1C(=O)/C(=C/c2ccc(O)cc2)SC1=S)Nc1ccc(Cl)cc1O. The number of thiocarbonyl (C=S) groups is 1. The van der Waals surface area contributed by atoms with Gasteiger partial charge in [0.1, 0.15) is 15.8 Å². The van der Waals surface area contributed by atoms with Gasteiger partial charge in [0, 0.05) is 24.1 Å². The van der Waals surface area contributed by atoms with Crippen LogP contribution in [0.1, 0.15) is 12.0 Å². The number of hydrogen-bond donors (Lipinski definition) is 3. The van der Waals surface area contributed by atoms with Crippen LogP contribution in [-0.4, -0.2) is 37.8 Å². The second-order valence-electron chi connectivity index (χ2n) is 5.88. The van der Waals surface area contributed by atoms with Gasteiger partial charge in [-0.25, -0.2) is 0 Å². The summed E-state index contributed by atoms with van der Waals surface area (Å²) in [5.74, 6) is -0.634. The molecule has 6 nitrogen and oxygen atoms in total. The van der Waals surface area contributed by atoms with E-state index in [-0.39, 0.29) is 42.0 Å². The standard InChI is InChI=1S/C19H15ClN2O4S2/c20-12-3-6-14(15(24)10-12)21-17(25)7-8-22-18(26)16(28-19(22)27)9-11-1-4-13(23)5-2-11/h1-6,9-10,23-24H,7-8H2,(H,21,25)/b16-9-. The van der Waals surface area contributed by atoms with Crippen LogP contribution in [0.15, 0.2) is 47.4 Å². The lowest BCUT2D eigenvalue weighted by Gasteiger charge is -2.14. The molecule has 1 fully saturated rings. The Morgan fingerprint density at radius 2 is 1.93 bits per heavy atom. The molecule has 1 aliphatic rings. The van der Waals surface area contributed by atoms with Crippen LogP contribution in [0.4, 0.5) is 5.69 Å². The summed E-state index contributed by atoms with van der Waals surface area (Å²) in [7, 11) is 0. The molecule has 2 aromatic rings. The second-order valence-corrected chi connectivity index (χ2v) is 8.00. The molecule has 2 aromatic carbocycles. The molecule has 0 radical (unpaired) electrons. The molecule has 3 rings (SSSR count). The summed E-state index contributed by atoms with van der Waals surface area (Å²) in [5, 5.41) is 22.0. The van der Waals surface area contributed by atoms with Gasteiger partial charge < -0.3 is 15.5 Å². The Morgan fingerprint density at radius 3 is 2.61 bits per heavy atom. The van der Waals surface area contributed by atoms with Crippen molar-refractivity contribution in [3.8, 4) is 11.5 Å². The van der Waals surface area contributed by atoms with Crippen LogP contribution in [0.2, 0.25) is 5.02 Å². The number of carbonyl (C=O) groups excluding carboxylic acids is 2. The van der Waals surface area contributed by atoms with Crippen molar-refractivity contribution >= 4 is 63.5 Å². The molecule has 144 valence electrons. The number of anilines is 1. The average molecular weight is 435 g/mol. The first-order chi connectivity index (χ1) is 13.3. The zero-order valence-electron chi connectivity index (χ0n) is 14.4. The van der Waals surface area contributed by atoms with E-state index in [9.17, 15) is 19.8 Å². The summed E-state index contributed by atoms with van der Waals surface area (Å²) in [5.41, 5.74) is 1.00. The quantitative estimate of drug-likeness (QED) is 0.374. The monoisotopic (exact) mass is 434 g/mol. The Labute approximate surface area is 175 Å². The molecule has 1 saturated heterocycles. The van der Waals surface area contributed by atoms with Crippen LogP contribution in [0, 0.1) is 0 Å². The summed E-state index contributed by atoms with van der Waals surface area (Å²) in [4.78, 5) is 26.5. The zero-order valence-corrected chi connectivity index (χ0v) is 16.8. The van der Waals surface area contributed by atoms with Gasteiger partial charge in [0.05, 0.1) is 10.6 Å². The number of benzene rings is 2. The van der Waals surface area contributed by atoms with Crippen molar-refractivity contribution in [1.82, 2.24) is 4.90 Å². The van der Waals surface area contributed by atoms with Gasteiger partial charge in [-0.2, -0.15) is 0 Å². The Balaban J connectivity index is 1.61. The third-order valence-corrected chi connectivity index (χ3v) is 5.47. The molecule has 0 saturated carbocycles. The maximum absolute atomic E-state index is 12.6. The van der Waals surface area contributed by atoms with Gasteiger partial charge in [0.2, 0.25) is 5.91 Å². The van der Waals surface area contributed by atoms with Gasteiger partial charge in [-0.05, 0) is 35.9 Å². The number of aromatic hydroxyl groups is 2. The Morgan fingerprint density at radius 1 is 1.21 bits per heavy atom. The van der Waals surface area contributed by atoms with Gasteiger partial charge in [0.15, 0.2) is 0 Å². The van der Waals surface area contributed by atoms with E-state index in [0.29, 0.717) is 14.2 Å². The van der Waals surface area contributed by atoms with Crippen LogP contribution in [0.25, 0.3) is 6.08 Å². The molecule has 0 aliphatic carbocycles. The minimum Gasteiger partial charge on any atom is -0.508 e. The van der Waals surface area contributed by atoms with Crippen LogP contribution < -0.4 is 5.32 Å². The molecule has 3 N–H and O–H groups in total. The molecule has 1 aliphatic heterocycles.